The number of aromatic nitrogens is 3. The summed E-state index contributed by atoms with van der Waals surface area (Å²) in [5.41, 5.74) is 0. The number of nitrogens with zero attached hydrogens (tertiary/aromatic N) is 2. The second kappa shape index (κ2) is 5.45. The first-order valence-corrected chi connectivity index (χ1v) is 4.98. The van der Waals surface area contributed by atoms with Gasteiger partial charge in [0.25, 0.3) is 5.91 Å². The number of carbonyl (C=O) groups is 1. The molecule has 3 N–H and O–H groups in total. The summed E-state index contributed by atoms with van der Waals surface area (Å²) in [5.74, 6) is 0.443. The lowest BCUT2D eigenvalue weighted by Crippen LogP contribution is -2.35. The molecular weight excluding hydrogens is 196 g/mol. The smallest absolute Gasteiger partial charge is 0.291 e. The highest BCUT2D eigenvalue weighted by molar-refractivity contribution is 5.90. The van der Waals surface area contributed by atoms with Crippen LogP contribution in [-0.4, -0.2) is 38.8 Å². The Morgan fingerprint density at radius 1 is 1.67 bits per heavy atom. The Hall–Kier alpha value is -1.43. The van der Waals surface area contributed by atoms with E-state index in [0.717, 1.165) is 6.42 Å². The van der Waals surface area contributed by atoms with Gasteiger partial charge in [-0.2, -0.15) is 0 Å². The standard InChI is InChI=1S/C9H16N4O2/c1-3-7(4-5-14)11-9(15)8-10-6(2)12-13-8/h7,14H,3-5H2,1-2H3,(H,11,15)(H,10,12,13). The van der Waals surface area contributed by atoms with E-state index in [1.807, 2.05) is 6.92 Å². The molecule has 0 radical (unpaired) electrons. The van der Waals surface area contributed by atoms with E-state index in [9.17, 15) is 4.79 Å². The molecule has 0 bridgehead atoms. The molecule has 0 fully saturated rings. The van der Waals surface area contributed by atoms with Gasteiger partial charge in [-0.15, -0.1) is 5.10 Å². The number of nitrogens with one attached hydrogen (secondary N) is 2. The molecule has 1 amide bonds. The highest BCUT2D eigenvalue weighted by Gasteiger charge is 2.15. The molecule has 0 aliphatic heterocycles. The Bertz CT molecular complexity index is 324. The molecule has 84 valence electrons. The van der Waals surface area contributed by atoms with E-state index in [4.69, 9.17) is 5.11 Å². The van der Waals surface area contributed by atoms with Gasteiger partial charge < -0.3 is 10.4 Å². The van der Waals surface area contributed by atoms with Crippen LogP contribution in [0.5, 0.6) is 0 Å². The van der Waals surface area contributed by atoms with Crippen LogP contribution in [0.15, 0.2) is 0 Å². The van der Waals surface area contributed by atoms with Crippen LogP contribution in [0.3, 0.4) is 0 Å². The van der Waals surface area contributed by atoms with Gasteiger partial charge in [-0.05, 0) is 19.8 Å². The number of carbonyl (C=O) groups excluding carboxylic acids is 1. The first-order valence-electron chi connectivity index (χ1n) is 4.98. The Morgan fingerprint density at radius 2 is 2.40 bits per heavy atom. The lowest BCUT2D eigenvalue weighted by Gasteiger charge is -2.13. The van der Waals surface area contributed by atoms with Crippen LogP contribution in [0.2, 0.25) is 0 Å². The van der Waals surface area contributed by atoms with E-state index in [1.54, 1.807) is 6.92 Å². The van der Waals surface area contributed by atoms with Gasteiger partial charge in [-0.25, -0.2) is 4.98 Å². The van der Waals surface area contributed by atoms with Gasteiger partial charge in [0.15, 0.2) is 0 Å². The van der Waals surface area contributed by atoms with Crippen molar-refractivity contribution >= 4 is 5.91 Å². The Labute approximate surface area is 88.1 Å². The fourth-order valence-corrected chi connectivity index (χ4v) is 1.23. The minimum Gasteiger partial charge on any atom is -0.396 e. The Kier molecular flexibility index (Phi) is 4.23. The van der Waals surface area contributed by atoms with Crippen LogP contribution >= 0.6 is 0 Å². The Morgan fingerprint density at radius 3 is 2.87 bits per heavy atom. The predicted octanol–water partition coefficient (Wildman–Crippen LogP) is 0.00392. The van der Waals surface area contributed by atoms with Crippen LogP contribution in [0.25, 0.3) is 0 Å². The molecule has 1 rings (SSSR count). The predicted molar refractivity (Wildman–Crippen MR) is 54.4 cm³/mol. The van der Waals surface area contributed by atoms with Crippen LogP contribution in [-0.2, 0) is 0 Å². The number of aryl methyl sites for hydroxylation is 1. The minimum absolute atomic E-state index is 0.0266. The third-order valence-corrected chi connectivity index (χ3v) is 2.11. The lowest BCUT2D eigenvalue weighted by atomic mass is 10.1. The van der Waals surface area contributed by atoms with E-state index in [2.05, 4.69) is 20.5 Å². The normalized spacial score (nSPS) is 12.5. The maximum atomic E-state index is 11.6. The van der Waals surface area contributed by atoms with Crippen LogP contribution in [0.4, 0.5) is 0 Å². The van der Waals surface area contributed by atoms with Gasteiger partial charge in [0, 0.05) is 12.6 Å². The third kappa shape index (κ3) is 3.32. The monoisotopic (exact) mass is 212 g/mol. The van der Waals surface area contributed by atoms with E-state index < -0.39 is 0 Å². The zero-order chi connectivity index (χ0) is 11.3. The number of rotatable bonds is 5. The van der Waals surface area contributed by atoms with Gasteiger partial charge in [0.2, 0.25) is 5.82 Å². The van der Waals surface area contributed by atoms with Crippen molar-refractivity contribution in [1.29, 1.82) is 0 Å². The summed E-state index contributed by atoms with van der Waals surface area (Å²) in [5, 5.41) is 17.9. The zero-order valence-corrected chi connectivity index (χ0v) is 8.95. The molecule has 1 aromatic heterocycles. The molecule has 1 unspecified atom stereocenters. The van der Waals surface area contributed by atoms with Crippen molar-refractivity contribution in [3.8, 4) is 0 Å². The van der Waals surface area contributed by atoms with Crippen molar-refractivity contribution in [2.24, 2.45) is 0 Å². The van der Waals surface area contributed by atoms with Crippen molar-refractivity contribution < 1.29 is 9.90 Å². The molecule has 1 atom stereocenters. The number of aliphatic hydroxyl groups excluding tert-OH is 1. The minimum atomic E-state index is -0.306. The molecule has 0 aromatic carbocycles. The zero-order valence-electron chi connectivity index (χ0n) is 8.95. The molecule has 1 heterocycles. The van der Waals surface area contributed by atoms with Gasteiger partial charge in [0.1, 0.15) is 5.82 Å². The first-order chi connectivity index (χ1) is 7.17. The van der Waals surface area contributed by atoms with Gasteiger partial charge in [-0.1, -0.05) is 6.92 Å². The maximum absolute atomic E-state index is 11.6. The molecule has 6 heteroatoms. The topological polar surface area (TPSA) is 90.9 Å². The van der Waals surface area contributed by atoms with E-state index >= 15 is 0 Å². The molecule has 0 aliphatic carbocycles. The van der Waals surface area contributed by atoms with Crippen LogP contribution in [0, 0.1) is 6.92 Å². The lowest BCUT2D eigenvalue weighted by molar-refractivity contribution is 0.0919. The van der Waals surface area contributed by atoms with Crippen molar-refractivity contribution in [1.82, 2.24) is 20.5 Å². The number of aromatic amines is 1. The van der Waals surface area contributed by atoms with E-state index in [1.165, 1.54) is 0 Å². The van der Waals surface area contributed by atoms with Crippen molar-refractivity contribution in [3.05, 3.63) is 11.6 Å². The summed E-state index contributed by atoms with van der Waals surface area (Å²) in [7, 11) is 0. The summed E-state index contributed by atoms with van der Waals surface area (Å²) >= 11 is 0. The van der Waals surface area contributed by atoms with E-state index in [0.29, 0.717) is 12.2 Å². The quantitative estimate of drug-likeness (QED) is 0.641. The molecule has 1 aromatic rings. The third-order valence-electron chi connectivity index (χ3n) is 2.11. The highest BCUT2D eigenvalue weighted by Crippen LogP contribution is 1.98. The van der Waals surface area contributed by atoms with E-state index in [-0.39, 0.29) is 24.4 Å². The summed E-state index contributed by atoms with van der Waals surface area (Å²) in [6.45, 7) is 3.74. The summed E-state index contributed by atoms with van der Waals surface area (Å²) in [4.78, 5) is 15.5. The first kappa shape index (κ1) is 11.6. The largest absolute Gasteiger partial charge is 0.396 e. The number of amides is 1. The number of H-pyrrole nitrogens is 1. The number of aliphatic hydroxyl groups is 1. The van der Waals surface area contributed by atoms with Crippen molar-refractivity contribution in [2.75, 3.05) is 6.61 Å². The molecule has 6 nitrogen and oxygen atoms in total. The average molecular weight is 212 g/mol. The van der Waals surface area contributed by atoms with Crippen LogP contribution < -0.4 is 5.32 Å². The average Bonchev–Trinajstić information content (AvgIpc) is 2.64. The number of hydrogen-bond acceptors (Lipinski definition) is 4. The molecule has 15 heavy (non-hydrogen) atoms. The van der Waals surface area contributed by atoms with Gasteiger partial charge >= 0.3 is 0 Å². The highest BCUT2D eigenvalue weighted by atomic mass is 16.3. The molecular formula is C9H16N4O2. The second-order valence-corrected chi connectivity index (χ2v) is 3.34. The fourth-order valence-electron chi connectivity index (χ4n) is 1.23. The SMILES string of the molecule is CCC(CCO)NC(=O)c1n[nH]c(C)n1. The fraction of sp³-hybridized carbons (Fsp3) is 0.667. The number of hydrogen-bond donors (Lipinski definition) is 3. The van der Waals surface area contributed by atoms with Gasteiger partial charge in [-0.3, -0.25) is 9.89 Å². The summed E-state index contributed by atoms with van der Waals surface area (Å²) in [6.07, 6.45) is 1.32. The second-order valence-electron chi connectivity index (χ2n) is 3.34. The van der Waals surface area contributed by atoms with Crippen molar-refractivity contribution in [2.45, 2.75) is 32.7 Å². The van der Waals surface area contributed by atoms with Crippen molar-refractivity contribution in [3.63, 3.8) is 0 Å². The molecule has 0 saturated heterocycles. The molecule has 0 aliphatic rings. The Balaban J connectivity index is 2.54. The molecule has 0 spiro atoms. The molecule has 0 saturated carbocycles. The summed E-state index contributed by atoms with van der Waals surface area (Å²) in [6, 6.07) is -0.0266. The summed E-state index contributed by atoms with van der Waals surface area (Å²) < 4.78 is 0. The van der Waals surface area contributed by atoms with Crippen LogP contribution in [0.1, 0.15) is 36.2 Å². The maximum Gasteiger partial charge on any atom is 0.291 e. The van der Waals surface area contributed by atoms with Gasteiger partial charge in [0.05, 0.1) is 0 Å².